The number of hydrogen-bond donors (Lipinski definition) is 4. The molecular weight excluding hydrogens is 306 g/mol. The predicted molar refractivity (Wildman–Crippen MR) is 90.4 cm³/mol. The number of hydrogen-bond acceptors (Lipinski definition) is 6. The van der Waals surface area contributed by atoms with Gasteiger partial charge in [-0.25, -0.2) is 4.79 Å². The summed E-state index contributed by atoms with van der Waals surface area (Å²) in [6.07, 6.45) is -0.509. The molecule has 0 bridgehead atoms. The molecule has 4 N–H and O–H groups in total. The fraction of sp³-hybridized carbons (Fsp3) is 0.214. The summed E-state index contributed by atoms with van der Waals surface area (Å²) in [4.78, 5) is 12.5. The van der Waals surface area contributed by atoms with Gasteiger partial charge in [-0.15, -0.1) is 24.0 Å². The van der Waals surface area contributed by atoms with E-state index < -0.39 is 6.09 Å². The maximum atomic E-state index is 11.4. The molecular formula is C14H17N3O2S2. The summed E-state index contributed by atoms with van der Waals surface area (Å²) in [5.74, 6) is 0. The molecule has 0 aliphatic rings. The molecule has 0 aliphatic carbocycles. The van der Waals surface area contributed by atoms with Crippen LogP contribution in [-0.2, 0) is 11.3 Å². The highest BCUT2D eigenvalue weighted by atomic mass is 32.2. The van der Waals surface area contributed by atoms with Crippen LogP contribution in [0.2, 0.25) is 0 Å². The number of amides is 1. The third kappa shape index (κ3) is 4.57. The lowest BCUT2D eigenvalue weighted by atomic mass is 10.2. The zero-order valence-electron chi connectivity index (χ0n) is 11.6. The van der Waals surface area contributed by atoms with Gasteiger partial charge in [-0.1, -0.05) is 0 Å². The topological polar surface area (TPSA) is 76.4 Å². The number of carbonyl (C=O) groups is 1. The number of carbonyl (C=O) groups excluding carboxylic acids is 1. The first-order valence-corrected chi connectivity index (χ1v) is 7.69. The van der Waals surface area contributed by atoms with Gasteiger partial charge in [0, 0.05) is 17.1 Å². The van der Waals surface area contributed by atoms with E-state index in [0.29, 0.717) is 24.5 Å². The highest BCUT2D eigenvalue weighted by Crippen LogP contribution is 2.25. The molecule has 0 fully saturated rings. The standard InChI is InChI=1S/C14H17N3O2S2/c1-2-19-14(18)17-12-5-3-9(7-11(12)15)16-8-10-4-6-13(20)21-10/h3-7,16,20H,2,8,15H2,1H3,(H,17,18). The number of nitrogens with one attached hydrogen (secondary N) is 2. The number of benzene rings is 1. The summed E-state index contributed by atoms with van der Waals surface area (Å²) < 4.78 is 5.80. The first kappa shape index (κ1) is 15.5. The number of nitrogen functional groups attached to an aromatic ring is 1. The monoisotopic (exact) mass is 323 g/mol. The predicted octanol–water partition coefficient (Wildman–Crippen LogP) is 3.80. The van der Waals surface area contributed by atoms with Crippen LogP contribution in [0.25, 0.3) is 0 Å². The van der Waals surface area contributed by atoms with E-state index in [1.54, 1.807) is 30.4 Å². The Balaban J connectivity index is 1.96. The Morgan fingerprint density at radius 1 is 1.38 bits per heavy atom. The van der Waals surface area contributed by atoms with Gasteiger partial charge in [-0.3, -0.25) is 5.32 Å². The van der Waals surface area contributed by atoms with E-state index in [2.05, 4.69) is 23.3 Å². The second-order valence-corrected chi connectivity index (χ2v) is 6.19. The molecule has 0 unspecified atom stereocenters. The molecule has 0 saturated heterocycles. The van der Waals surface area contributed by atoms with Crippen molar-refractivity contribution < 1.29 is 9.53 Å². The van der Waals surface area contributed by atoms with E-state index in [1.165, 1.54) is 4.88 Å². The maximum Gasteiger partial charge on any atom is 0.411 e. The van der Waals surface area contributed by atoms with Crippen molar-refractivity contribution in [1.29, 1.82) is 0 Å². The van der Waals surface area contributed by atoms with Gasteiger partial charge in [-0.2, -0.15) is 0 Å². The first-order valence-electron chi connectivity index (χ1n) is 6.43. The average Bonchev–Trinajstić information content (AvgIpc) is 2.85. The van der Waals surface area contributed by atoms with Crippen molar-refractivity contribution in [3.63, 3.8) is 0 Å². The van der Waals surface area contributed by atoms with E-state index in [9.17, 15) is 4.79 Å². The number of anilines is 3. The van der Waals surface area contributed by atoms with Crippen molar-refractivity contribution in [2.45, 2.75) is 17.7 Å². The summed E-state index contributed by atoms with van der Waals surface area (Å²) in [5.41, 5.74) is 7.82. The summed E-state index contributed by atoms with van der Waals surface area (Å²) in [6.45, 7) is 2.77. The Morgan fingerprint density at radius 2 is 2.19 bits per heavy atom. The lowest BCUT2D eigenvalue weighted by Crippen LogP contribution is -2.14. The highest BCUT2D eigenvalue weighted by molar-refractivity contribution is 7.82. The van der Waals surface area contributed by atoms with E-state index in [0.717, 1.165) is 9.90 Å². The van der Waals surface area contributed by atoms with Gasteiger partial charge in [0.1, 0.15) is 0 Å². The van der Waals surface area contributed by atoms with E-state index in [4.69, 9.17) is 10.5 Å². The van der Waals surface area contributed by atoms with E-state index in [-0.39, 0.29) is 0 Å². The molecule has 0 atom stereocenters. The summed E-state index contributed by atoms with van der Waals surface area (Å²) in [5, 5.41) is 5.87. The summed E-state index contributed by atoms with van der Waals surface area (Å²) in [7, 11) is 0. The third-order valence-corrected chi connectivity index (χ3v) is 3.99. The molecule has 1 amide bonds. The van der Waals surface area contributed by atoms with Crippen LogP contribution >= 0.6 is 24.0 Å². The van der Waals surface area contributed by atoms with Gasteiger partial charge in [0.2, 0.25) is 0 Å². The molecule has 0 radical (unpaired) electrons. The van der Waals surface area contributed by atoms with Gasteiger partial charge in [0.25, 0.3) is 0 Å². The molecule has 21 heavy (non-hydrogen) atoms. The molecule has 2 rings (SSSR count). The van der Waals surface area contributed by atoms with Crippen molar-refractivity contribution in [2.24, 2.45) is 0 Å². The highest BCUT2D eigenvalue weighted by Gasteiger charge is 2.06. The first-order chi connectivity index (χ1) is 10.1. The van der Waals surface area contributed by atoms with Crippen molar-refractivity contribution in [1.82, 2.24) is 0 Å². The molecule has 2 aromatic rings. The second-order valence-electron chi connectivity index (χ2n) is 4.24. The lowest BCUT2D eigenvalue weighted by molar-refractivity contribution is 0.168. The Bertz CT molecular complexity index is 628. The van der Waals surface area contributed by atoms with Crippen LogP contribution < -0.4 is 16.4 Å². The van der Waals surface area contributed by atoms with Crippen LogP contribution in [-0.4, -0.2) is 12.7 Å². The van der Waals surface area contributed by atoms with Crippen molar-refractivity contribution in [3.05, 3.63) is 35.2 Å². The van der Waals surface area contributed by atoms with Crippen molar-refractivity contribution in [2.75, 3.05) is 23.0 Å². The number of thiol groups is 1. The van der Waals surface area contributed by atoms with E-state index in [1.807, 2.05) is 18.2 Å². The summed E-state index contributed by atoms with van der Waals surface area (Å²) in [6, 6.07) is 9.36. The van der Waals surface area contributed by atoms with Crippen LogP contribution in [0, 0.1) is 0 Å². The molecule has 1 aromatic heterocycles. The Morgan fingerprint density at radius 3 is 2.81 bits per heavy atom. The van der Waals surface area contributed by atoms with Gasteiger partial charge < -0.3 is 15.8 Å². The quantitative estimate of drug-likeness (QED) is 0.499. The molecule has 0 saturated carbocycles. The van der Waals surface area contributed by atoms with Crippen molar-refractivity contribution >= 4 is 47.1 Å². The summed E-state index contributed by atoms with van der Waals surface area (Å²) >= 11 is 5.91. The zero-order chi connectivity index (χ0) is 15.2. The fourth-order valence-electron chi connectivity index (χ4n) is 1.71. The van der Waals surface area contributed by atoms with Crippen LogP contribution in [0.15, 0.2) is 34.5 Å². The Labute approximate surface area is 132 Å². The second kappa shape index (κ2) is 7.24. The minimum Gasteiger partial charge on any atom is -0.450 e. The normalized spacial score (nSPS) is 10.2. The van der Waals surface area contributed by atoms with Crippen LogP contribution in [0.5, 0.6) is 0 Å². The van der Waals surface area contributed by atoms with E-state index >= 15 is 0 Å². The van der Waals surface area contributed by atoms with Gasteiger partial charge >= 0.3 is 6.09 Å². The van der Waals surface area contributed by atoms with Crippen molar-refractivity contribution in [3.8, 4) is 0 Å². The maximum absolute atomic E-state index is 11.4. The Hall–Kier alpha value is -1.86. The SMILES string of the molecule is CCOC(=O)Nc1ccc(NCc2ccc(S)s2)cc1N. The molecule has 5 nitrogen and oxygen atoms in total. The van der Waals surface area contributed by atoms with Gasteiger partial charge in [0.05, 0.1) is 22.2 Å². The fourth-order valence-corrected chi connectivity index (χ4v) is 2.83. The molecule has 0 aliphatic heterocycles. The molecule has 0 spiro atoms. The molecule has 1 heterocycles. The number of thiophene rings is 1. The average molecular weight is 323 g/mol. The minimum atomic E-state index is -0.509. The third-order valence-electron chi connectivity index (χ3n) is 2.68. The number of rotatable bonds is 5. The smallest absolute Gasteiger partial charge is 0.411 e. The van der Waals surface area contributed by atoms with Gasteiger partial charge in [0.15, 0.2) is 0 Å². The molecule has 112 valence electrons. The largest absolute Gasteiger partial charge is 0.450 e. The van der Waals surface area contributed by atoms with Crippen LogP contribution in [0.1, 0.15) is 11.8 Å². The lowest BCUT2D eigenvalue weighted by Gasteiger charge is -2.11. The Kier molecular flexibility index (Phi) is 5.35. The van der Waals surface area contributed by atoms with Crippen LogP contribution in [0.3, 0.4) is 0 Å². The molecule has 7 heteroatoms. The minimum absolute atomic E-state index is 0.319. The number of nitrogens with two attached hydrogens (primary N) is 1. The number of ether oxygens (including phenoxy) is 1. The molecule has 1 aromatic carbocycles. The van der Waals surface area contributed by atoms with Crippen LogP contribution in [0.4, 0.5) is 21.9 Å². The zero-order valence-corrected chi connectivity index (χ0v) is 13.3. The van der Waals surface area contributed by atoms with Gasteiger partial charge in [-0.05, 0) is 37.3 Å².